The molecule has 5 heteroatoms. The first-order chi connectivity index (χ1) is 8.47. The first-order valence-corrected chi connectivity index (χ1v) is 6.34. The van der Waals surface area contributed by atoms with Gasteiger partial charge in [0.15, 0.2) is 0 Å². The van der Waals surface area contributed by atoms with Crippen LogP contribution in [0.15, 0.2) is 28.9 Å². The molecular weight excluding hydrogens is 294 g/mol. The third-order valence-corrected chi connectivity index (χ3v) is 3.24. The molecule has 0 fully saturated rings. The van der Waals surface area contributed by atoms with Crippen LogP contribution in [0.2, 0.25) is 0 Å². The number of halogens is 1. The molecule has 1 aromatic heterocycles. The number of aryl methyl sites for hydroxylation is 2. The SMILES string of the molecule is Cc1cc(Br)cc(NC(=O)c2cnn(C)c2C)c1. The highest BCUT2D eigenvalue weighted by Crippen LogP contribution is 2.20. The highest BCUT2D eigenvalue weighted by molar-refractivity contribution is 9.10. The van der Waals surface area contributed by atoms with Gasteiger partial charge in [-0.2, -0.15) is 5.10 Å². The molecule has 0 spiro atoms. The zero-order valence-corrected chi connectivity index (χ0v) is 12.1. The lowest BCUT2D eigenvalue weighted by molar-refractivity contribution is 0.102. The average Bonchev–Trinajstić information content (AvgIpc) is 2.58. The Morgan fingerprint density at radius 2 is 2.06 bits per heavy atom. The van der Waals surface area contributed by atoms with Gasteiger partial charge in [0.2, 0.25) is 0 Å². The quantitative estimate of drug-likeness (QED) is 0.927. The highest BCUT2D eigenvalue weighted by atomic mass is 79.9. The van der Waals surface area contributed by atoms with Crippen molar-refractivity contribution in [2.75, 3.05) is 5.32 Å². The Morgan fingerprint density at radius 1 is 1.33 bits per heavy atom. The van der Waals surface area contributed by atoms with Gasteiger partial charge in [-0.3, -0.25) is 9.48 Å². The van der Waals surface area contributed by atoms with Crippen molar-refractivity contribution in [2.45, 2.75) is 13.8 Å². The molecule has 0 saturated heterocycles. The summed E-state index contributed by atoms with van der Waals surface area (Å²) in [5.74, 6) is -0.141. The van der Waals surface area contributed by atoms with Crippen LogP contribution in [0.1, 0.15) is 21.6 Å². The zero-order valence-electron chi connectivity index (χ0n) is 10.5. The smallest absolute Gasteiger partial charge is 0.259 e. The molecule has 0 aliphatic rings. The predicted octanol–water partition coefficient (Wildman–Crippen LogP) is 3.05. The van der Waals surface area contributed by atoms with E-state index in [1.54, 1.807) is 10.9 Å². The number of hydrogen-bond donors (Lipinski definition) is 1. The number of nitrogens with one attached hydrogen (secondary N) is 1. The third kappa shape index (κ3) is 2.61. The molecule has 0 aliphatic carbocycles. The van der Waals surface area contributed by atoms with Crippen LogP contribution in [0.25, 0.3) is 0 Å². The number of hydrogen-bond acceptors (Lipinski definition) is 2. The summed E-state index contributed by atoms with van der Waals surface area (Å²) >= 11 is 3.41. The number of anilines is 1. The molecule has 0 aliphatic heterocycles. The van der Waals surface area contributed by atoms with Crippen molar-refractivity contribution in [3.05, 3.63) is 45.7 Å². The van der Waals surface area contributed by atoms with Crippen LogP contribution in [0.5, 0.6) is 0 Å². The molecule has 0 atom stereocenters. The van der Waals surface area contributed by atoms with Gasteiger partial charge in [0.25, 0.3) is 5.91 Å². The Morgan fingerprint density at radius 3 is 2.61 bits per heavy atom. The molecule has 1 heterocycles. The maximum absolute atomic E-state index is 12.1. The van der Waals surface area contributed by atoms with Crippen LogP contribution in [0.3, 0.4) is 0 Å². The lowest BCUT2D eigenvalue weighted by atomic mass is 10.2. The van der Waals surface area contributed by atoms with E-state index in [1.807, 2.05) is 39.1 Å². The molecule has 1 aromatic carbocycles. The van der Waals surface area contributed by atoms with E-state index in [-0.39, 0.29) is 5.91 Å². The fourth-order valence-corrected chi connectivity index (χ4v) is 2.34. The van der Waals surface area contributed by atoms with Crippen LogP contribution in [0.4, 0.5) is 5.69 Å². The van der Waals surface area contributed by atoms with Gasteiger partial charge in [-0.1, -0.05) is 15.9 Å². The standard InChI is InChI=1S/C13H14BrN3O/c1-8-4-10(14)6-11(5-8)16-13(18)12-7-15-17(3)9(12)2/h4-7H,1-3H3,(H,16,18). The molecule has 4 nitrogen and oxygen atoms in total. The lowest BCUT2D eigenvalue weighted by Gasteiger charge is -2.06. The number of amides is 1. The second-order valence-electron chi connectivity index (χ2n) is 4.24. The monoisotopic (exact) mass is 307 g/mol. The normalized spacial score (nSPS) is 10.4. The fourth-order valence-electron chi connectivity index (χ4n) is 1.73. The van der Waals surface area contributed by atoms with Gasteiger partial charge >= 0.3 is 0 Å². The van der Waals surface area contributed by atoms with Crippen LogP contribution >= 0.6 is 15.9 Å². The van der Waals surface area contributed by atoms with Crippen LogP contribution in [0, 0.1) is 13.8 Å². The van der Waals surface area contributed by atoms with Crippen LogP contribution in [-0.4, -0.2) is 15.7 Å². The number of benzene rings is 1. The summed E-state index contributed by atoms with van der Waals surface area (Å²) in [6, 6.07) is 5.79. The average molecular weight is 308 g/mol. The maximum Gasteiger partial charge on any atom is 0.259 e. The third-order valence-electron chi connectivity index (χ3n) is 2.78. The molecule has 94 valence electrons. The van der Waals surface area contributed by atoms with Gasteiger partial charge in [-0.15, -0.1) is 0 Å². The largest absolute Gasteiger partial charge is 0.322 e. The Balaban J connectivity index is 2.24. The predicted molar refractivity (Wildman–Crippen MR) is 74.8 cm³/mol. The van der Waals surface area contributed by atoms with Gasteiger partial charge < -0.3 is 5.32 Å². The maximum atomic E-state index is 12.1. The Hall–Kier alpha value is -1.62. The summed E-state index contributed by atoms with van der Waals surface area (Å²) < 4.78 is 2.63. The zero-order chi connectivity index (χ0) is 13.3. The number of carbonyl (C=O) groups excluding carboxylic acids is 1. The second kappa shape index (κ2) is 4.94. The van der Waals surface area contributed by atoms with Crippen molar-refractivity contribution >= 4 is 27.5 Å². The molecule has 1 N–H and O–H groups in total. The number of carbonyl (C=O) groups is 1. The summed E-state index contributed by atoms with van der Waals surface area (Å²) in [6.07, 6.45) is 1.58. The van der Waals surface area contributed by atoms with E-state index in [0.29, 0.717) is 5.56 Å². The summed E-state index contributed by atoms with van der Waals surface area (Å²) in [5, 5.41) is 6.93. The van der Waals surface area contributed by atoms with Crippen molar-refractivity contribution in [1.29, 1.82) is 0 Å². The van der Waals surface area contributed by atoms with E-state index >= 15 is 0 Å². The molecule has 2 aromatic rings. The van der Waals surface area contributed by atoms with Gasteiger partial charge in [-0.25, -0.2) is 0 Å². The molecule has 2 rings (SSSR count). The topological polar surface area (TPSA) is 46.9 Å². The van der Waals surface area contributed by atoms with Crippen LogP contribution < -0.4 is 5.32 Å². The summed E-state index contributed by atoms with van der Waals surface area (Å²) in [6.45, 7) is 3.85. The molecule has 0 radical (unpaired) electrons. The number of nitrogens with zero attached hydrogens (tertiary/aromatic N) is 2. The number of rotatable bonds is 2. The van der Waals surface area contributed by atoms with Gasteiger partial charge in [0.1, 0.15) is 0 Å². The first-order valence-electron chi connectivity index (χ1n) is 5.54. The molecule has 0 saturated carbocycles. The molecular formula is C13H14BrN3O. The second-order valence-corrected chi connectivity index (χ2v) is 5.15. The van der Waals surface area contributed by atoms with Crippen LogP contribution in [-0.2, 0) is 7.05 Å². The van der Waals surface area contributed by atoms with E-state index in [4.69, 9.17) is 0 Å². The van der Waals surface area contributed by atoms with Crippen molar-refractivity contribution in [3.8, 4) is 0 Å². The Kier molecular flexibility index (Phi) is 3.52. The Labute approximate surface area is 114 Å². The summed E-state index contributed by atoms with van der Waals surface area (Å²) in [7, 11) is 1.81. The van der Waals surface area contributed by atoms with Crippen molar-refractivity contribution < 1.29 is 4.79 Å². The summed E-state index contributed by atoms with van der Waals surface area (Å²) in [5.41, 5.74) is 3.30. The minimum Gasteiger partial charge on any atom is -0.322 e. The van der Waals surface area contributed by atoms with E-state index in [9.17, 15) is 4.79 Å². The molecule has 1 amide bonds. The van der Waals surface area contributed by atoms with Gasteiger partial charge in [0, 0.05) is 22.9 Å². The van der Waals surface area contributed by atoms with Gasteiger partial charge in [-0.05, 0) is 37.6 Å². The van der Waals surface area contributed by atoms with E-state index in [2.05, 4.69) is 26.3 Å². The summed E-state index contributed by atoms with van der Waals surface area (Å²) in [4.78, 5) is 12.1. The van der Waals surface area contributed by atoms with E-state index in [1.165, 1.54) is 0 Å². The van der Waals surface area contributed by atoms with Crippen molar-refractivity contribution in [3.63, 3.8) is 0 Å². The van der Waals surface area contributed by atoms with Crippen molar-refractivity contribution in [1.82, 2.24) is 9.78 Å². The van der Waals surface area contributed by atoms with E-state index < -0.39 is 0 Å². The fraction of sp³-hybridized carbons (Fsp3) is 0.231. The lowest BCUT2D eigenvalue weighted by Crippen LogP contribution is -2.13. The first kappa shape index (κ1) is 12.8. The minimum absolute atomic E-state index is 0.141. The minimum atomic E-state index is -0.141. The highest BCUT2D eigenvalue weighted by Gasteiger charge is 2.13. The van der Waals surface area contributed by atoms with E-state index in [0.717, 1.165) is 21.4 Å². The van der Waals surface area contributed by atoms with Gasteiger partial charge in [0.05, 0.1) is 11.8 Å². The Bertz CT molecular complexity index is 584. The molecule has 18 heavy (non-hydrogen) atoms. The number of aromatic nitrogens is 2. The molecule has 0 bridgehead atoms. The van der Waals surface area contributed by atoms with Crippen molar-refractivity contribution in [2.24, 2.45) is 7.05 Å². The molecule has 0 unspecified atom stereocenters.